The summed E-state index contributed by atoms with van der Waals surface area (Å²) in [6.07, 6.45) is 1.000. The van der Waals surface area contributed by atoms with E-state index in [4.69, 9.17) is 0 Å². The van der Waals surface area contributed by atoms with Crippen molar-refractivity contribution in [2.24, 2.45) is 0 Å². The second-order valence-electron chi connectivity index (χ2n) is 9.83. The molecule has 0 aromatic heterocycles. The van der Waals surface area contributed by atoms with E-state index in [1.165, 1.54) is 0 Å². The van der Waals surface area contributed by atoms with Crippen molar-refractivity contribution in [2.75, 3.05) is 29.9 Å². The SMILES string of the molecule is CCNc1cc(C(=O)N[C@@H](Cc2ccccc2)[C@H](O)CN[C@@H](C)c2ccccc2)cc(N2CCCC2=O)c1. The van der Waals surface area contributed by atoms with Crippen molar-refractivity contribution in [3.8, 4) is 0 Å². The molecule has 4 rings (SSSR count). The second-order valence-corrected chi connectivity index (χ2v) is 9.83. The minimum Gasteiger partial charge on any atom is -0.390 e. The summed E-state index contributed by atoms with van der Waals surface area (Å²) in [5.41, 5.74) is 4.11. The molecule has 1 fully saturated rings. The molecular formula is C31H38N4O3. The number of amides is 2. The van der Waals surface area contributed by atoms with Gasteiger partial charge in [-0.05, 0) is 56.0 Å². The number of hydrogen-bond acceptors (Lipinski definition) is 5. The van der Waals surface area contributed by atoms with E-state index < -0.39 is 12.1 Å². The van der Waals surface area contributed by atoms with Gasteiger partial charge < -0.3 is 26.0 Å². The highest BCUT2D eigenvalue weighted by Gasteiger charge is 2.26. The third-order valence-electron chi connectivity index (χ3n) is 6.96. The minimum atomic E-state index is -0.818. The molecule has 3 atom stereocenters. The lowest BCUT2D eigenvalue weighted by atomic mass is 9.99. The highest BCUT2D eigenvalue weighted by molar-refractivity contribution is 6.00. The molecule has 1 saturated heterocycles. The Morgan fingerprint density at radius 2 is 1.74 bits per heavy atom. The largest absolute Gasteiger partial charge is 0.390 e. The summed E-state index contributed by atoms with van der Waals surface area (Å²) in [5.74, 6) is -0.213. The second kappa shape index (κ2) is 13.2. The van der Waals surface area contributed by atoms with Crippen molar-refractivity contribution in [3.63, 3.8) is 0 Å². The standard InChI is InChI=1S/C31H38N4O3/c1-3-32-26-18-25(19-27(20-26)35-16-10-15-30(35)37)31(38)34-28(17-23-11-6-4-7-12-23)29(36)21-33-22(2)24-13-8-5-9-14-24/h4-9,11-14,18-20,22,28-29,32-33,36H,3,10,15-17,21H2,1-2H3,(H,34,38)/t22-,28-,29+/m0/s1. The number of nitrogens with one attached hydrogen (secondary N) is 3. The van der Waals surface area contributed by atoms with Crippen LogP contribution in [0.4, 0.5) is 11.4 Å². The zero-order chi connectivity index (χ0) is 26.9. The molecule has 2 amide bonds. The van der Waals surface area contributed by atoms with Gasteiger partial charge in [-0.3, -0.25) is 9.59 Å². The summed E-state index contributed by atoms with van der Waals surface area (Å²) in [5, 5.41) is 21.0. The van der Waals surface area contributed by atoms with Crippen LogP contribution in [0.1, 0.15) is 54.2 Å². The van der Waals surface area contributed by atoms with E-state index in [2.05, 4.69) is 22.9 Å². The van der Waals surface area contributed by atoms with Crippen LogP contribution >= 0.6 is 0 Å². The summed E-state index contributed by atoms with van der Waals surface area (Å²) in [6, 6.07) is 24.9. The molecule has 1 aliphatic heterocycles. The Balaban J connectivity index is 1.52. The van der Waals surface area contributed by atoms with Crippen LogP contribution in [0.15, 0.2) is 78.9 Å². The normalized spacial score (nSPS) is 15.7. The van der Waals surface area contributed by atoms with Gasteiger partial charge in [0.2, 0.25) is 5.91 Å². The van der Waals surface area contributed by atoms with Crippen molar-refractivity contribution in [1.29, 1.82) is 0 Å². The molecule has 1 aliphatic rings. The van der Waals surface area contributed by atoms with Crippen LogP contribution in [0.5, 0.6) is 0 Å². The summed E-state index contributed by atoms with van der Waals surface area (Å²) < 4.78 is 0. The molecule has 7 nitrogen and oxygen atoms in total. The zero-order valence-electron chi connectivity index (χ0n) is 22.2. The third-order valence-corrected chi connectivity index (χ3v) is 6.96. The molecule has 3 aromatic rings. The summed E-state index contributed by atoms with van der Waals surface area (Å²) in [6.45, 7) is 5.71. The topological polar surface area (TPSA) is 93.7 Å². The van der Waals surface area contributed by atoms with E-state index in [0.717, 1.165) is 28.9 Å². The van der Waals surface area contributed by atoms with Crippen LogP contribution in [-0.2, 0) is 11.2 Å². The van der Waals surface area contributed by atoms with Gasteiger partial charge in [0.25, 0.3) is 5.91 Å². The Labute approximate surface area is 225 Å². The smallest absolute Gasteiger partial charge is 0.251 e. The van der Waals surface area contributed by atoms with Crippen molar-refractivity contribution < 1.29 is 14.7 Å². The molecule has 200 valence electrons. The quantitative estimate of drug-likeness (QED) is 0.289. The molecule has 0 aliphatic carbocycles. The highest BCUT2D eigenvalue weighted by atomic mass is 16.3. The fourth-order valence-electron chi connectivity index (χ4n) is 4.83. The molecule has 0 radical (unpaired) electrons. The van der Waals surface area contributed by atoms with Crippen LogP contribution < -0.4 is 20.9 Å². The number of hydrogen-bond donors (Lipinski definition) is 4. The lowest BCUT2D eigenvalue weighted by molar-refractivity contribution is -0.117. The first-order chi connectivity index (χ1) is 18.4. The molecule has 4 N–H and O–H groups in total. The maximum atomic E-state index is 13.5. The van der Waals surface area contributed by atoms with Gasteiger partial charge in [0.1, 0.15) is 0 Å². The molecule has 0 bridgehead atoms. The molecular weight excluding hydrogens is 476 g/mol. The Morgan fingerprint density at radius 1 is 1.03 bits per heavy atom. The average Bonchev–Trinajstić information content (AvgIpc) is 3.38. The van der Waals surface area contributed by atoms with E-state index in [-0.39, 0.29) is 17.9 Å². The Kier molecular flexibility index (Phi) is 9.51. The van der Waals surface area contributed by atoms with Gasteiger partial charge in [0.15, 0.2) is 0 Å². The van der Waals surface area contributed by atoms with Gasteiger partial charge in [-0.1, -0.05) is 60.7 Å². The number of aliphatic hydroxyl groups excluding tert-OH is 1. The van der Waals surface area contributed by atoms with Crippen LogP contribution in [0.3, 0.4) is 0 Å². The number of aliphatic hydroxyl groups is 1. The van der Waals surface area contributed by atoms with E-state index in [1.807, 2.05) is 73.7 Å². The number of anilines is 2. The lowest BCUT2D eigenvalue weighted by Crippen LogP contribution is -2.49. The van der Waals surface area contributed by atoms with Crippen LogP contribution in [0, 0.1) is 0 Å². The van der Waals surface area contributed by atoms with Crippen molar-refractivity contribution in [3.05, 3.63) is 95.6 Å². The molecule has 38 heavy (non-hydrogen) atoms. The van der Waals surface area contributed by atoms with E-state index >= 15 is 0 Å². The van der Waals surface area contributed by atoms with E-state index in [9.17, 15) is 14.7 Å². The highest BCUT2D eigenvalue weighted by Crippen LogP contribution is 2.27. The maximum Gasteiger partial charge on any atom is 0.251 e. The predicted octanol–water partition coefficient (Wildman–Crippen LogP) is 4.30. The first-order valence-electron chi connectivity index (χ1n) is 13.4. The molecule has 3 aromatic carbocycles. The number of carbonyl (C=O) groups excluding carboxylic acids is 2. The Hall–Kier alpha value is -3.68. The Bertz CT molecular complexity index is 1200. The van der Waals surface area contributed by atoms with E-state index in [0.29, 0.717) is 38.0 Å². The monoisotopic (exact) mass is 514 g/mol. The Morgan fingerprint density at radius 3 is 2.39 bits per heavy atom. The zero-order valence-corrected chi connectivity index (χ0v) is 22.2. The van der Waals surface area contributed by atoms with Gasteiger partial charge in [0, 0.05) is 49.0 Å². The molecule has 1 heterocycles. The number of rotatable bonds is 12. The maximum absolute atomic E-state index is 13.5. The fraction of sp³-hybridized carbons (Fsp3) is 0.355. The summed E-state index contributed by atoms with van der Waals surface area (Å²) >= 11 is 0. The number of benzene rings is 3. The van der Waals surface area contributed by atoms with Gasteiger partial charge >= 0.3 is 0 Å². The summed E-state index contributed by atoms with van der Waals surface area (Å²) in [7, 11) is 0. The summed E-state index contributed by atoms with van der Waals surface area (Å²) in [4.78, 5) is 27.7. The van der Waals surface area contributed by atoms with Crippen molar-refractivity contribution in [1.82, 2.24) is 10.6 Å². The number of carbonyl (C=O) groups is 2. The van der Waals surface area contributed by atoms with Gasteiger partial charge in [-0.15, -0.1) is 0 Å². The van der Waals surface area contributed by atoms with Crippen molar-refractivity contribution >= 4 is 23.2 Å². The number of nitrogens with zero attached hydrogens (tertiary/aromatic N) is 1. The minimum absolute atomic E-state index is 0.0521. The molecule has 0 unspecified atom stereocenters. The predicted molar refractivity (Wildman–Crippen MR) is 152 cm³/mol. The first kappa shape index (κ1) is 27.4. The van der Waals surface area contributed by atoms with Crippen molar-refractivity contribution in [2.45, 2.75) is 51.3 Å². The van der Waals surface area contributed by atoms with Crippen LogP contribution in [-0.4, -0.2) is 48.7 Å². The third kappa shape index (κ3) is 7.21. The van der Waals surface area contributed by atoms with Gasteiger partial charge in [-0.2, -0.15) is 0 Å². The lowest BCUT2D eigenvalue weighted by Gasteiger charge is -2.27. The van der Waals surface area contributed by atoms with Gasteiger partial charge in [0.05, 0.1) is 12.1 Å². The van der Waals surface area contributed by atoms with Crippen LogP contribution in [0.25, 0.3) is 0 Å². The molecule has 7 heteroatoms. The fourth-order valence-corrected chi connectivity index (χ4v) is 4.83. The molecule has 0 spiro atoms. The molecule has 0 saturated carbocycles. The first-order valence-corrected chi connectivity index (χ1v) is 13.4. The van der Waals surface area contributed by atoms with Crippen LogP contribution in [0.2, 0.25) is 0 Å². The average molecular weight is 515 g/mol. The van der Waals surface area contributed by atoms with Gasteiger partial charge in [-0.25, -0.2) is 0 Å². The van der Waals surface area contributed by atoms with E-state index in [1.54, 1.807) is 17.0 Å².